The smallest absolute Gasteiger partial charge is 0.251 e. The fourth-order valence-corrected chi connectivity index (χ4v) is 2.41. The Morgan fingerprint density at radius 1 is 1.22 bits per heavy atom. The highest BCUT2D eigenvalue weighted by molar-refractivity contribution is 9.10. The number of fused-ring (bicyclic) bond motifs is 1. The van der Waals surface area contributed by atoms with E-state index in [1.807, 2.05) is 42.7 Å². The lowest BCUT2D eigenvalue weighted by Crippen LogP contribution is -2.25. The number of nitrogens with one attached hydrogen (secondary N) is 1. The average molecular weight is 324 g/mol. The first kappa shape index (κ1) is 13.4. The molecule has 2 rings (SSSR count). The van der Waals surface area contributed by atoms with Crippen LogP contribution in [0.15, 0.2) is 40.9 Å². The topological polar surface area (TPSA) is 29.1 Å². The largest absolute Gasteiger partial charge is 0.351 e. The van der Waals surface area contributed by atoms with E-state index in [1.165, 1.54) is 0 Å². The van der Waals surface area contributed by atoms with Crippen molar-refractivity contribution in [2.24, 2.45) is 0 Å². The second-order valence-corrected chi connectivity index (χ2v) is 5.86. The zero-order valence-electron chi connectivity index (χ0n) is 10.1. The molecule has 0 fully saturated rings. The lowest BCUT2D eigenvalue weighted by molar-refractivity contribution is 0.0956. The molecule has 0 spiro atoms. The van der Waals surface area contributed by atoms with Crippen molar-refractivity contribution < 1.29 is 4.79 Å². The van der Waals surface area contributed by atoms with Crippen LogP contribution in [0.4, 0.5) is 0 Å². The van der Waals surface area contributed by atoms with Crippen molar-refractivity contribution in [3.63, 3.8) is 0 Å². The number of hydrogen-bond donors (Lipinski definition) is 1. The van der Waals surface area contributed by atoms with Gasteiger partial charge in [-0.1, -0.05) is 28.1 Å². The summed E-state index contributed by atoms with van der Waals surface area (Å²) in [4.78, 5) is 11.9. The van der Waals surface area contributed by atoms with Gasteiger partial charge in [0.05, 0.1) is 0 Å². The molecular formula is C14H14BrNOS. The highest BCUT2D eigenvalue weighted by atomic mass is 79.9. The summed E-state index contributed by atoms with van der Waals surface area (Å²) in [5.41, 5.74) is 0.714. The number of rotatable bonds is 4. The van der Waals surface area contributed by atoms with Crippen LogP contribution in [0.1, 0.15) is 10.4 Å². The molecule has 0 heterocycles. The minimum absolute atomic E-state index is 0.00568. The molecule has 0 aliphatic rings. The van der Waals surface area contributed by atoms with Crippen molar-refractivity contribution in [2.45, 2.75) is 0 Å². The zero-order chi connectivity index (χ0) is 13.0. The number of carbonyl (C=O) groups is 1. The van der Waals surface area contributed by atoms with Gasteiger partial charge in [-0.25, -0.2) is 0 Å². The molecule has 18 heavy (non-hydrogen) atoms. The second-order valence-electron chi connectivity index (χ2n) is 3.95. The number of hydrogen-bond acceptors (Lipinski definition) is 2. The normalized spacial score (nSPS) is 10.6. The van der Waals surface area contributed by atoms with Crippen LogP contribution in [-0.2, 0) is 0 Å². The molecular weight excluding hydrogens is 310 g/mol. The molecule has 94 valence electrons. The van der Waals surface area contributed by atoms with Crippen LogP contribution in [-0.4, -0.2) is 24.5 Å². The van der Waals surface area contributed by atoms with Gasteiger partial charge in [0.15, 0.2) is 0 Å². The maximum atomic E-state index is 11.9. The van der Waals surface area contributed by atoms with E-state index < -0.39 is 0 Å². The minimum Gasteiger partial charge on any atom is -0.351 e. The third kappa shape index (κ3) is 3.27. The Bertz CT molecular complexity index is 571. The average Bonchev–Trinajstić information content (AvgIpc) is 2.38. The van der Waals surface area contributed by atoms with Gasteiger partial charge >= 0.3 is 0 Å². The molecule has 2 nitrogen and oxygen atoms in total. The van der Waals surface area contributed by atoms with Crippen LogP contribution in [0.3, 0.4) is 0 Å². The molecule has 0 radical (unpaired) electrons. The maximum absolute atomic E-state index is 11.9. The van der Waals surface area contributed by atoms with E-state index in [4.69, 9.17) is 0 Å². The molecule has 0 bridgehead atoms. The molecule has 4 heteroatoms. The number of amides is 1. The number of halogens is 1. The van der Waals surface area contributed by atoms with Crippen molar-refractivity contribution in [3.05, 3.63) is 46.4 Å². The van der Waals surface area contributed by atoms with Gasteiger partial charge in [-0.15, -0.1) is 0 Å². The van der Waals surface area contributed by atoms with Crippen LogP contribution in [0.5, 0.6) is 0 Å². The molecule has 2 aromatic carbocycles. The molecule has 0 atom stereocenters. The first-order chi connectivity index (χ1) is 8.70. The SMILES string of the molecule is CSCCNC(=O)c1ccc2cc(Br)ccc2c1. The van der Waals surface area contributed by atoms with E-state index in [0.717, 1.165) is 21.0 Å². The first-order valence-electron chi connectivity index (χ1n) is 5.67. The van der Waals surface area contributed by atoms with Crippen LogP contribution < -0.4 is 5.32 Å². The summed E-state index contributed by atoms with van der Waals surface area (Å²) in [5, 5.41) is 5.12. The lowest BCUT2D eigenvalue weighted by Gasteiger charge is -2.05. The molecule has 1 amide bonds. The Balaban J connectivity index is 2.19. The summed E-state index contributed by atoms with van der Waals surface area (Å²) in [6.07, 6.45) is 2.03. The van der Waals surface area contributed by atoms with Crippen molar-refractivity contribution in [1.29, 1.82) is 0 Å². The quantitative estimate of drug-likeness (QED) is 0.869. The van der Waals surface area contributed by atoms with E-state index in [9.17, 15) is 4.79 Å². The summed E-state index contributed by atoms with van der Waals surface area (Å²) in [6, 6.07) is 11.8. The summed E-state index contributed by atoms with van der Waals surface area (Å²) in [5.74, 6) is 0.931. The van der Waals surface area contributed by atoms with Crippen LogP contribution in [0, 0.1) is 0 Å². The molecule has 0 saturated carbocycles. The number of benzene rings is 2. The van der Waals surface area contributed by atoms with E-state index in [1.54, 1.807) is 11.8 Å². The number of thioether (sulfide) groups is 1. The number of carbonyl (C=O) groups excluding carboxylic acids is 1. The summed E-state index contributed by atoms with van der Waals surface area (Å²) >= 11 is 5.16. The van der Waals surface area contributed by atoms with Gasteiger partial charge in [-0.05, 0) is 41.3 Å². The predicted molar refractivity (Wildman–Crippen MR) is 82.4 cm³/mol. The van der Waals surface area contributed by atoms with Gasteiger partial charge in [0, 0.05) is 22.3 Å². The van der Waals surface area contributed by atoms with Crippen LogP contribution >= 0.6 is 27.7 Å². The Morgan fingerprint density at radius 2 is 1.94 bits per heavy atom. The molecule has 0 aromatic heterocycles. The van der Waals surface area contributed by atoms with Gasteiger partial charge in [0.2, 0.25) is 0 Å². The summed E-state index contributed by atoms with van der Waals surface area (Å²) in [6.45, 7) is 0.707. The van der Waals surface area contributed by atoms with Gasteiger partial charge in [-0.2, -0.15) is 11.8 Å². The van der Waals surface area contributed by atoms with Gasteiger partial charge in [0.1, 0.15) is 0 Å². The van der Waals surface area contributed by atoms with Gasteiger partial charge in [0.25, 0.3) is 5.91 Å². The molecule has 0 aliphatic heterocycles. The van der Waals surface area contributed by atoms with E-state index >= 15 is 0 Å². The molecule has 0 unspecified atom stereocenters. The van der Waals surface area contributed by atoms with E-state index in [2.05, 4.69) is 21.2 Å². The Hall–Kier alpha value is -1.00. The Morgan fingerprint density at radius 3 is 2.72 bits per heavy atom. The fourth-order valence-electron chi connectivity index (χ4n) is 1.73. The zero-order valence-corrected chi connectivity index (χ0v) is 12.5. The second kappa shape index (κ2) is 6.25. The molecule has 0 saturated heterocycles. The monoisotopic (exact) mass is 323 g/mol. The van der Waals surface area contributed by atoms with Gasteiger partial charge < -0.3 is 5.32 Å². The van der Waals surface area contributed by atoms with E-state index in [0.29, 0.717) is 12.1 Å². The standard InChI is InChI=1S/C14H14BrNOS/c1-18-7-6-16-14(17)12-3-2-11-9-13(15)5-4-10(11)8-12/h2-5,8-9H,6-7H2,1H3,(H,16,17). The summed E-state index contributed by atoms with van der Waals surface area (Å²) < 4.78 is 1.05. The first-order valence-corrected chi connectivity index (χ1v) is 7.86. The maximum Gasteiger partial charge on any atom is 0.251 e. The predicted octanol–water partition coefficient (Wildman–Crippen LogP) is 3.70. The third-order valence-corrected chi connectivity index (χ3v) is 3.76. The van der Waals surface area contributed by atoms with E-state index in [-0.39, 0.29) is 5.91 Å². The van der Waals surface area contributed by atoms with Crippen LogP contribution in [0.2, 0.25) is 0 Å². The lowest BCUT2D eigenvalue weighted by atomic mass is 10.1. The third-order valence-electron chi connectivity index (χ3n) is 2.66. The minimum atomic E-state index is -0.00568. The van der Waals surface area contributed by atoms with Crippen molar-refractivity contribution in [3.8, 4) is 0 Å². The van der Waals surface area contributed by atoms with Crippen LogP contribution in [0.25, 0.3) is 10.8 Å². The molecule has 0 aliphatic carbocycles. The summed E-state index contributed by atoms with van der Waals surface area (Å²) in [7, 11) is 0. The molecule has 1 N–H and O–H groups in total. The highest BCUT2D eigenvalue weighted by Gasteiger charge is 2.05. The van der Waals surface area contributed by atoms with Crippen molar-refractivity contribution >= 4 is 44.4 Å². The Labute approximate surface area is 119 Å². The van der Waals surface area contributed by atoms with Gasteiger partial charge in [-0.3, -0.25) is 4.79 Å². The molecule has 2 aromatic rings. The fraction of sp³-hybridized carbons (Fsp3) is 0.214. The Kier molecular flexibility index (Phi) is 4.66. The van der Waals surface area contributed by atoms with Crippen molar-refractivity contribution in [1.82, 2.24) is 5.32 Å². The van der Waals surface area contributed by atoms with Crippen molar-refractivity contribution in [2.75, 3.05) is 18.6 Å². The highest BCUT2D eigenvalue weighted by Crippen LogP contribution is 2.20.